The Bertz CT molecular complexity index is 271. The standard InChI is InChI=1S/C10H17NO3/c1-5(2)7-6(8(11)12)9(13)14-10(7,3)4/h5-7H,1-4H3,(H2,11,12)/t6-,7+/m1/s1. The monoisotopic (exact) mass is 199 g/mol. The first-order valence-electron chi connectivity index (χ1n) is 4.79. The molecule has 0 radical (unpaired) electrons. The average Bonchev–Trinajstić information content (AvgIpc) is 2.19. The van der Waals surface area contributed by atoms with Crippen LogP contribution in [0.5, 0.6) is 0 Å². The molecule has 1 rings (SSSR count). The normalized spacial score (nSPS) is 30.5. The second kappa shape index (κ2) is 3.26. The number of nitrogens with two attached hydrogens (primary N) is 1. The van der Waals surface area contributed by atoms with E-state index in [1.807, 2.05) is 27.7 Å². The largest absolute Gasteiger partial charge is 0.459 e. The Labute approximate surface area is 83.8 Å². The molecule has 0 aliphatic carbocycles. The van der Waals surface area contributed by atoms with E-state index in [1.165, 1.54) is 0 Å². The van der Waals surface area contributed by atoms with Gasteiger partial charge in [0.05, 0.1) is 0 Å². The lowest BCUT2D eigenvalue weighted by molar-refractivity contribution is -0.150. The van der Waals surface area contributed by atoms with Crippen molar-refractivity contribution in [3.63, 3.8) is 0 Å². The van der Waals surface area contributed by atoms with Crippen LogP contribution in [0.2, 0.25) is 0 Å². The fourth-order valence-corrected chi connectivity index (χ4v) is 2.42. The highest BCUT2D eigenvalue weighted by atomic mass is 16.6. The van der Waals surface area contributed by atoms with Gasteiger partial charge in [0, 0.05) is 5.92 Å². The first-order valence-corrected chi connectivity index (χ1v) is 4.79. The van der Waals surface area contributed by atoms with Crippen molar-refractivity contribution in [3.8, 4) is 0 Å². The van der Waals surface area contributed by atoms with Gasteiger partial charge in [-0.25, -0.2) is 0 Å². The van der Waals surface area contributed by atoms with E-state index in [0.717, 1.165) is 0 Å². The van der Waals surface area contributed by atoms with Gasteiger partial charge in [-0.2, -0.15) is 0 Å². The summed E-state index contributed by atoms with van der Waals surface area (Å²) in [7, 11) is 0. The molecule has 0 aromatic heterocycles. The smallest absolute Gasteiger partial charge is 0.319 e. The van der Waals surface area contributed by atoms with E-state index < -0.39 is 23.4 Å². The number of carbonyl (C=O) groups is 2. The van der Waals surface area contributed by atoms with Crippen molar-refractivity contribution in [2.45, 2.75) is 33.3 Å². The van der Waals surface area contributed by atoms with Crippen LogP contribution in [0.4, 0.5) is 0 Å². The molecule has 14 heavy (non-hydrogen) atoms. The number of cyclic esters (lactones) is 1. The molecule has 1 fully saturated rings. The quantitative estimate of drug-likeness (QED) is 0.525. The van der Waals surface area contributed by atoms with Gasteiger partial charge >= 0.3 is 5.97 Å². The van der Waals surface area contributed by atoms with Crippen LogP contribution in [-0.2, 0) is 14.3 Å². The Kier molecular flexibility index (Phi) is 2.56. The van der Waals surface area contributed by atoms with Crippen LogP contribution < -0.4 is 5.73 Å². The maximum absolute atomic E-state index is 11.4. The Morgan fingerprint density at radius 1 is 1.50 bits per heavy atom. The molecule has 2 N–H and O–H groups in total. The van der Waals surface area contributed by atoms with Crippen LogP contribution in [0, 0.1) is 17.8 Å². The third-order valence-electron chi connectivity index (χ3n) is 2.80. The Balaban J connectivity index is 3.05. The highest BCUT2D eigenvalue weighted by Crippen LogP contribution is 2.41. The molecule has 1 heterocycles. The minimum absolute atomic E-state index is 0.132. The molecule has 4 heteroatoms. The van der Waals surface area contributed by atoms with Gasteiger partial charge in [0.1, 0.15) is 11.5 Å². The summed E-state index contributed by atoms with van der Waals surface area (Å²) < 4.78 is 5.16. The molecule has 1 saturated heterocycles. The molecule has 1 amide bonds. The van der Waals surface area contributed by atoms with Crippen LogP contribution in [0.25, 0.3) is 0 Å². The summed E-state index contributed by atoms with van der Waals surface area (Å²) in [5, 5.41) is 0. The molecule has 0 bridgehead atoms. The fourth-order valence-electron chi connectivity index (χ4n) is 2.42. The summed E-state index contributed by atoms with van der Waals surface area (Å²) in [6.07, 6.45) is 0. The third kappa shape index (κ3) is 1.61. The molecule has 2 atom stereocenters. The summed E-state index contributed by atoms with van der Waals surface area (Å²) in [5.41, 5.74) is 4.61. The second-order valence-electron chi connectivity index (χ2n) is 4.67. The summed E-state index contributed by atoms with van der Waals surface area (Å²) >= 11 is 0. The van der Waals surface area contributed by atoms with Gasteiger partial charge in [0.25, 0.3) is 0 Å². The molecule has 80 valence electrons. The Morgan fingerprint density at radius 3 is 2.29 bits per heavy atom. The summed E-state index contributed by atoms with van der Waals surface area (Å²) in [5.74, 6) is -1.80. The van der Waals surface area contributed by atoms with Gasteiger partial charge in [-0.05, 0) is 19.8 Å². The van der Waals surface area contributed by atoms with Crippen molar-refractivity contribution in [3.05, 3.63) is 0 Å². The maximum Gasteiger partial charge on any atom is 0.319 e. The van der Waals surface area contributed by atoms with Gasteiger partial charge in [-0.3, -0.25) is 9.59 Å². The van der Waals surface area contributed by atoms with Crippen LogP contribution in [-0.4, -0.2) is 17.5 Å². The number of esters is 1. The number of hydrogen-bond acceptors (Lipinski definition) is 3. The maximum atomic E-state index is 11.4. The Hall–Kier alpha value is -1.06. The van der Waals surface area contributed by atoms with E-state index in [-0.39, 0.29) is 11.8 Å². The number of primary amides is 1. The summed E-state index contributed by atoms with van der Waals surface area (Å²) in [6, 6.07) is 0. The molecule has 0 saturated carbocycles. The second-order valence-corrected chi connectivity index (χ2v) is 4.67. The molecular formula is C10H17NO3. The lowest BCUT2D eigenvalue weighted by Crippen LogP contribution is -2.39. The first-order chi connectivity index (χ1) is 6.27. The van der Waals surface area contributed by atoms with Crippen molar-refractivity contribution >= 4 is 11.9 Å². The van der Waals surface area contributed by atoms with Crippen molar-refractivity contribution in [1.29, 1.82) is 0 Å². The minimum Gasteiger partial charge on any atom is -0.459 e. The zero-order chi connectivity index (χ0) is 11.1. The fraction of sp³-hybridized carbons (Fsp3) is 0.800. The number of carbonyl (C=O) groups excluding carboxylic acids is 2. The molecule has 0 aromatic rings. The van der Waals surface area contributed by atoms with Crippen molar-refractivity contribution < 1.29 is 14.3 Å². The predicted octanol–water partition coefficient (Wildman–Crippen LogP) is 0.695. The van der Waals surface area contributed by atoms with Crippen LogP contribution in [0.15, 0.2) is 0 Å². The molecular weight excluding hydrogens is 182 g/mol. The van der Waals surface area contributed by atoms with Gasteiger partial charge in [-0.1, -0.05) is 13.8 Å². The highest BCUT2D eigenvalue weighted by Gasteiger charge is 2.53. The molecule has 0 unspecified atom stereocenters. The van der Waals surface area contributed by atoms with Crippen molar-refractivity contribution in [1.82, 2.24) is 0 Å². The summed E-state index contributed by atoms with van der Waals surface area (Å²) in [4.78, 5) is 22.6. The predicted molar refractivity (Wildman–Crippen MR) is 51.2 cm³/mol. The molecule has 0 aromatic carbocycles. The highest BCUT2D eigenvalue weighted by molar-refractivity contribution is 5.99. The van der Waals surface area contributed by atoms with E-state index in [9.17, 15) is 9.59 Å². The molecule has 1 aliphatic rings. The van der Waals surface area contributed by atoms with E-state index in [1.54, 1.807) is 0 Å². The van der Waals surface area contributed by atoms with E-state index in [0.29, 0.717) is 0 Å². The molecule has 4 nitrogen and oxygen atoms in total. The number of rotatable bonds is 2. The van der Waals surface area contributed by atoms with Gasteiger partial charge in [0.15, 0.2) is 0 Å². The SMILES string of the molecule is CC(C)[C@H]1[C@H](C(N)=O)C(=O)OC1(C)C. The van der Waals surface area contributed by atoms with Crippen molar-refractivity contribution in [2.24, 2.45) is 23.5 Å². The van der Waals surface area contributed by atoms with Crippen LogP contribution >= 0.6 is 0 Å². The summed E-state index contributed by atoms with van der Waals surface area (Å²) in [6.45, 7) is 7.56. The lowest BCUT2D eigenvalue weighted by atomic mass is 9.75. The van der Waals surface area contributed by atoms with E-state index in [4.69, 9.17) is 10.5 Å². The lowest BCUT2D eigenvalue weighted by Gasteiger charge is -2.29. The van der Waals surface area contributed by atoms with Crippen LogP contribution in [0.3, 0.4) is 0 Å². The first kappa shape index (κ1) is 11.0. The molecule has 1 aliphatic heterocycles. The average molecular weight is 199 g/mol. The Morgan fingerprint density at radius 2 is 2.00 bits per heavy atom. The van der Waals surface area contributed by atoms with Gasteiger partial charge in [0.2, 0.25) is 5.91 Å². The zero-order valence-electron chi connectivity index (χ0n) is 9.03. The zero-order valence-corrected chi connectivity index (χ0v) is 9.03. The van der Waals surface area contributed by atoms with Crippen molar-refractivity contribution in [2.75, 3.05) is 0 Å². The van der Waals surface area contributed by atoms with E-state index in [2.05, 4.69) is 0 Å². The van der Waals surface area contributed by atoms with Gasteiger partial charge < -0.3 is 10.5 Å². The minimum atomic E-state index is -0.787. The van der Waals surface area contributed by atoms with Gasteiger partial charge in [-0.15, -0.1) is 0 Å². The van der Waals surface area contributed by atoms with E-state index >= 15 is 0 Å². The molecule has 0 spiro atoms. The topological polar surface area (TPSA) is 69.4 Å². The number of amides is 1. The number of ether oxygens (including phenoxy) is 1. The number of hydrogen-bond donors (Lipinski definition) is 1. The van der Waals surface area contributed by atoms with Crippen LogP contribution in [0.1, 0.15) is 27.7 Å². The third-order valence-corrected chi connectivity index (χ3v) is 2.80.